The molecule has 1 atom stereocenters. The third-order valence-electron chi connectivity index (χ3n) is 3.16. The van der Waals surface area contributed by atoms with Crippen molar-refractivity contribution in [2.45, 2.75) is 13.0 Å². The number of likely N-dealkylation sites (N-methyl/N-ethyl adjacent to an activating group) is 1. The largest absolute Gasteiger partial charge is 0.477 e. The fourth-order valence-electron chi connectivity index (χ4n) is 2.18. The van der Waals surface area contributed by atoms with Crippen LogP contribution in [0.3, 0.4) is 0 Å². The van der Waals surface area contributed by atoms with E-state index in [0.29, 0.717) is 25.4 Å². The van der Waals surface area contributed by atoms with Crippen molar-refractivity contribution in [3.8, 4) is 5.75 Å². The summed E-state index contributed by atoms with van der Waals surface area (Å²) in [6.45, 7) is 3.12. The van der Waals surface area contributed by atoms with Crippen molar-refractivity contribution in [1.82, 2.24) is 10.6 Å². The van der Waals surface area contributed by atoms with Gasteiger partial charge in [0.2, 0.25) is 5.91 Å². The Morgan fingerprint density at radius 3 is 2.85 bits per heavy atom. The van der Waals surface area contributed by atoms with Gasteiger partial charge in [-0.1, -0.05) is 12.1 Å². The molecule has 0 radical (unpaired) electrons. The SMILES string of the molecule is CNC(=O)[C@@H]1CN(CCNC(C)=O)c2ccccc2O1. The molecule has 1 aliphatic rings. The molecule has 2 rings (SSSR count). The molecule has 6 nitrogen and oxygen atoms in total. The summed E-state index contributed by atoms with van der Waals surface area (Å²) in [5.74, 6) is 0.480. The van der Waals surface area contributed by atoms with E-state index < -0.39 is 6.10 Å². The van der Waals surface area contributed by atoms with Crippen LogP contribution in [0.5, 0.6) is 5.75 Å². The van der Waals surface area contributed by atoms with Crippen LogP contribution < -0.4 is 20.3 Å². The second kappa shape index (κ2) is 6.27. The molecular weight excluding hydrogens is 258 g/mol. The van der Waals surface area contributed by atoms with Crippen LogP contribution in [0.25, 0.3) is 0 Å². The van der Waals surface area contributed by atoms with Gasteiger partial charge < -0.3 is 20.3 Å². The first-order valence-corrected chi connectivity index (χ1v) is 6.58. The third-order valence-corrected chi connectivity index (χ3v) is 3.16. The minimum absolute atomic E-state index is 0.0607. The van der Waals surface area contributed by atoms with E-state index in [1.165, 1.54) is 6.92 Å². The first kappa shape index (κ1) is 14.2. The van der Waals surface area contributed by atoms with Gasteiger partial charge in [-0.05, 0) is 12.1 Å². The molecule has 2 amide bonds. The standard InChI is InChI=1S/C14H19N3O3/c1-10(18)16-7-8-17-9-13(14(19)15-2)20-12-6-4-3-5-11(12)17/h3-6,13H,7-9H2,1-2H3,(H,15,19)(H,16,18)/t13-/m0/s1. The predicted molar refractivity (Wildman–Crippen MR) is 75.8 cm³/mol. The van der Waals surface area contributed by atoms with Crippen LogP contribution in [0.1, 0.15) is 6.92 Å². The Morgan fingerprint density at radius 2 is 2.15 bits per heavy atom. The number of carbonyl (C=O) groups excluding carboxylic acids is 2. The second-order valence-corrected chi connectivity index (χ2v) is 4.62. The third kappa shape index (κ3) is 3.20. The molecular formula is C14H19N3O3. The maximum absolute atomic E-state index is 11.8. The number of hydrogen-bond donors (Lipinski definition) is 2. The molecule has 0 aromatic heterocycles. The molecule has 0 aliphatic carbocycles. The van der Waals surface area contributed by atoms with Crippen LogP contribution in [-0.2, 0) is 9.59 Å². The first-order valence-electron chi connectivity index (χ1n) is 6.58. The van der Waals surface area contributed by atoms with Crippen LogP contribution in [0.15, 0.2) is 24.3 Å². The van der Waals surface area contributed by atoms with Gasteiger partial charge in [0, 0.05) is 27.1 Å². The molecule has 2 N–H and O–H groups in total. The Bertz CT molecular complexity index is 504. The fourth-order valence-corrected chi connectivity index (χ4v) is 2.18. The zero-order valence-electron chi connectivity index (χ0n) is 11.7. The lowest BCUT2D eigenvalue weighted by Crippen LogP contribution is -2.49. The number of anilines is 1. The van der Waals surface area contributed by atoms with E-state index >= 15 is 0 Å². The number of nitrogens with one attached hydrogen (secondary N) is 2. The zero-order valence-corrected chi connectivity index (χ0v) is 11.7. The number of carbonyl (C=O) groups is 2. The number of para-hydroxylation sites is 2. The van der Waals surface area contributed by atoms with Gasteiger partial charge in [-0.3, -0.25) is 9.59 Å². The minimum Gasteiger partial charge on any atom is -0.477 e. The molecule has 108 valence electrons. The highest BCUT2D eigenvalue weighted by atomic mass is 16.5. The van der Waals surface area contributed by atoms with Gasteiger partial charge in [0.15, 0.2) is 6.10 Å². The van der Waals surface area contributed by atoms with E-state index in [4.69, 9.17) is 4.74 Å². The van der Waals surface area contributed by atoms with E-state index in [2.05, 4.69) is 15.5 Å². The zero-order chi connectivity index (χ0) is 14.5. The summed E-state index contributed by atoms with van der Waals surface area (Å²) in [5, 5.41) is 5.36. The molecule has 0 fully saturated rings. The molecule has 0 unspecified atom stereocenters. The molecule has 6 heteroatoms. The van der Waals surface area contributed by atoms with Crippen molar-refractivity contribution in [3.63, 3.8) is 0 Å². The maximum atomic E-state index is 11.8. The number of nitrogens with zero attached hydrogens (tertiary/aromatic N) is 1. The number of benzene rings is 1. The Balaban J connectivity index is 2.12. The van der Waals surface area contributed by atoms with Gasteiger partial charge in [-0.25, -0.2) is 0 Å². The fraction of sp³-hybridized carbons (Fsp3) is 0.429. The van der Waals surface area contributed by atoms with E-state index in [-0.39, 0.29) is 11.8 Å². The number of hydrogen-bond acceptors (Lipinski definition) is 4. The predicted octanol–water partition coefficient (Wildman–Crippen LogP) is 0.136. The quantitative estimate of drug-likeness (QED) is 0.821. The van der Waals surface area contributed by atoms with Crippen LogP contribution in [0.4, 0.5) is 5.69 Å². The van der Waals surface area contributed by atoms with Crippen LogP contribution in [-0.4, -0.2) is 44.6 Å². The highest BCUT2D eigenvalue weighted by Gasteiger charge is 2.29. The number of fused-ring (bicyclic) bond motifs is 1. The number of amides is 2. The van der Waals surface area contributed by atoms with Crippen molar-refractivity contribution >= 4 is 17.5 Å². The van der Waals surface area contributed by atoms with Crippen molar-refractivity contribution in [1.29, 1.82) is 0 Å². The molecule has 0 saturated carbocycles. The smallest absolute Gasteiger partial charge is 0.262 e. The molecule has 20 heavy (non-hydrogen) atoms. The average molecular weight is 277 g/mol. The summed E-state index contributed by atoms with van der Waals surface area (Å²) in [7, 11) is 1.59. The number of ether oxygens (including phenoxy) is 1. The van der Waals surface area contributed by atoms with Gasteiger partial charge in [0.05, 0.1) is 12.2 Å². The monoisotopic (exact) mass is 277 g/mol. The Morgan fingerprint density at radius 1 is 1.40 bits per heavy atom. The normalized spacial score (nSPS) is 16.9. The van der Waals surface area contributed by atoms with Crippen molar-refractivity contribution in [3.05, 3.63) is 24.3 Å². The van der Waals surface area contributed by atoms with Gasteiger partial charge in [-0.15, -0.1) is 0 Å². The Hall–Kier alpha value is -2.24. The van der Waals surface area contributed by atoms with Gasteiger partial charge in [0.1, 0.15) is 5.75 Å². The lowest BCUT2D eigenvalue weighted by atomic mass is 10.1. The Labute approximate surface area is 118 Å². The minimum atomic E-state index is -0.535. The molecule has 1 heterocycles. The van der Waals surface area contributed by atoms with E-state index in [9.17, 15) is 9.59 Å². The molecule has 0 saturated heterocycles. The van der Waals surface area contributed by atoms with E-state index in [1.54, 1.807) is 7.05 Å². The van der Waals surface area contributed by atoms with Crippen molar-refractivity contribution < 1.29 is 14.3 Å². The van der Waals surface area contributed by atoms with Gasteiger partial charge in [-0.2, -0.15) is 0 Å². The first-order chi connectivity index (χ1) is 9.61. The van der Waals surface area contributed by atoms with Crippen LogP contribution in [0.2, 0.25) is 0 Å². The Kier molecular flexibility index (Phi) is 4.45. The van der Waals surface area contributed by atoms with Crippen molar-refractivity contribution in [2.24, 2.45) is 0 Å². The summed E-state index contributed by atoms with van der Waals surface area (Å²) in [6.07, 6.45) is -0.535. The maximum Gasteiger partial charge on any atom is 0.262 e. The van der Waals surface area contributed by atoms with Crippen LogP contribution in [0, 0.1) is 0 Å². The van der Waals surface area contributed by atoms with Crippen LogP contribution >= 0.6 is 0 Å². The summed E-state index contributed by atoms with van der Waals surface area (Å²) in [5.41, 5.74) is 0.943. The molecule has 1 aromatic carbocycles. The highest BCUT2D eigenvalue weighted by molar-refractivity contribution is 5.83. The average Bonchev–Trinajstić information content (AvgIpc) is 2.45. The summed E-state index contributed by atoms with van der Waals surface area (Å²) < 4.78 is 5.70. The molecule has 0 spiro atoms. The van der Waals surface area contributed by atoms with Gasteiger partial charge in [0.25, 0.3) is 5.91 Å². The lowest BCUT2D eigenvalue weighted by Gasteiger charge is -2.35. The topological polar surface area (TPSA) is 70.7 Å². The highest BCUT2D eigenvalue weighted by Crippen LogP contribution is 2.32. The molecule has 0 bridgehead atoms. The van der Waals surface area contributed by atoms with E-state index in [1.807, 2.05) is 24.3 Å². The molecule has 1 aliphatic heterocycles. The summed E-state index contributed by atoms with van der Waals surface area (Å²) >= 11 is 0. The second-order valence-electron chi connectivity index (χ2n) is 4.62. The van der Waals surface area contributed by atoms with Crippen molar-refractivity contribution in [2.75, 3.05) is 31.6 Å². The van der Waals surface area contributed by atoms with Gasteiger partial charge >= 0.3 is 0 Å². The summed E-state index contributed by atoms with van der Waals surface area (Å²) in [4.78, 5) is 24.8. The number of rotatable bonds is 4. The molecule has 1 aromatic rings. The lowest BCUT2D eigenvalue weighted by molar-refractivity contribution is -0.127. The summed E-state index contributed by atoms with van der Waals surface area (Å²) in [6, 6.07) is 7.59. The van der Waals surface area contributed by atoms with E-state index in [0.717, 1.165) is 5.69 Å².